The molecule has 1 rings (SSSR count). The van der Waals surface area contributed by atoms with Gasteiger partial charge in [-0.2, -0.15) is 0 Å². The Labute approximate surface area is 159 Å². The van der Waals surface area contributed by atoms with Crippen LogP contribution in [0.4, 0.5) is 4.79 Å². The predicted molar refractivity (Wildman–Crippen MR) is 98.7 cm³/mol. The van der Waals surface area contributed by atoms with Gasteiger partial charge in [0, 0.05) is 6.54 Å². The molecule has 3 N–H and O–H groups in total. The number of hydrogen-bond acceptors (Lipinski definition) is 6. The lowest BCUT2D eigenvalue weighted by molar-refractivity contribution is -0.145. The molecule has 0 bridgehead atoms. The third-order valence-electron chi connectivity index (χ3n) is 3.64. The molecule has 0 unspecified atom stereocenters. The Morgan fingerprint density at radius 2 is 1.81 bits per heavy atom. The van der Waals surface area contributed by atoms with E-state index in [9.17, 15) is 19.5 Å². The molecule has 150 valence electrons. The second-order valence-electron chi connectivity index (χ2n) is 6.57. The van der Waals surface area contributed by atoms with Gasteiger partial charge in [-0.15, -0.1) is 0 Å². The van der Waals surface area contributed by atoms with Crippen LogP contribution in [0.3, 0.4) is 0 Å². The molecule has 8 heteroatoms. The highest BCUT2D eigenvalue weighted by Gasteiger charge is 2.23. The average Bonchev–Trinajstić information content (AvgIpc) is 2.63. The molecular formula is C19H28N2O6. The first kappa shape index (κ1) is 22.4. The Balaban J connectivity index is 2.33. The number of nitrogens with one attached hydrogen (secondary N) is 2. The van der Waals surface area contributed by atoms with Gasteiger partial charge in [0.25, 0.3) is 0 Å². The largest absolute Gasteiger partial charge is 0.467 e. The Hall–Kier alpha value is -2.61. The van der Waals surface area contributed by atoms with Crippen molar-refractivity contribution in [2.24, 2.45) is 5.92 Å². The topological polar surface area (TPSA) is 114 Å². The molecule has 0 aliphatic rings. The molecule has 0 spiro atoms. The van der Waals surface area contributed by atoms with Crippen LogP contribution in [0.1, 0.15) is 32.3 Å². The highest BCUT2D eigenvalue weighted by Crippen LogP contribution is 2.07. The smallest absolute Gasteiger partial charge is 0.407 e. The maximum absolute atomic E-state index is 12.0. The van der Waals surface area contributed by atoms with Gasteiger partial charge in [0.05, 0.1) is 19.6 Å². The summed E-state index contributed by atoms with van der Waals surface area (Å²) in [5, 5.41) is 14.8. The molecule has 2 amide bonds. The number of methoxy groups -OCH3 is 1. The number of ether oxygens (including phenoxy) is 2. The molecular weight excluding hydrogens is 352 g/mol. The number of carbonyl (C=O) groups is 3. The standard InChI is InChI=1S/C19H28N2O6/c1-13(2)9-16(18(24)26-3)21-17(23)10-15(22)11-20-19(25)27-12-14-7-5-4-6-8-14/h4-8,13,15-16,22H,9-12H2,1-3H3,(H,20,25)(H,21,23)/t15-,16+/m0/s1. The van der Waals surface area contributed by atoms with Gasteiger partial charge in [-0.05, 0) is 17.9 Å². The SMILES string of the molecule is COC(=O)[C@@H](CC(C)C)NC(=O)C[C@H](O)CNC(=O)OCc1ccccc1. The number of aliphatic hydroxyl groups is 1. The van der Waals surface area contributed by atoms with E-state index in [-0.39, 0.29) is 25.5 Å². The summed E-state index contributed by atoms with van der Waals surface area (Å²) in [5.74, 6) is -0.854. The third kappa shape index (κ3) is 9.60. The zero-order valence-electron chi connectivity index (χ0n) is 15.9. The molecule has 0 aliphatic heterocycles. The lowest BCUT2D eigenvalue weighted by atomic mass is 10.0. The van der Waals surface area contributed by atoms with Gasteiger partial charge >= 0.3 is 12.1 Å². The molecule has 1 aromatic rings. The molecule has 0 saturated heterocycles. The zero-order chi connectivity index (χ0) is 20.2. The van der Waals surface area contributed by atoms with Crippen LogP contribution in [0.5, 0.6) is 0 Å². The fraction of sp³-hybridized carbons (Fsp3) is 0.526. The normalized spacial score (nSPS) is 12.8. The van der Waals surface area contributed by atoms with Gasteiger partial charge in [0.2, 0.25) is 5.91 Å². The monoisotopic (exact) mass is 380 g/mol. The molecule has 8 nitrogen and oxygen atoms in total. The summed E-state index contributed by atoms with van der Waals surface area (Å²) < 4.78 is 9.69. The van der Waals surface area contributed by atoms with Gasteiger partial charge in [-0.1, -0.05) is 44.2 Å². The van der Waals surface area contributed by atoms with Crippen molar-refractivity contribution in [3.63, 3.8) is 0 Å². The van der Waals surface area contributed by atoms with E-state index in [1.54, 1.807) is 0 Å². The number of rotatable bonds is 10. The molecule has 1 aromatic carbocycles. The van der Waals surface area contributed by atoms with Crippen LogP contribution < -0.4 is 10.6 Å². The average molecular weight is 380 g/mol. The fourth-order valence-corrected chi connectivity index (χ4v) is 2.34. The summed E-state index contributed by atoms with van der Waals surface area (Å²) in [4.78, 5) is 35.3. The first-order valence-electron chi connectivity index (χ1n) is 8.81. The third-order valence-corrected chi connectivity index (χ3v) is 3.64. The number of amides is 2. The number of esters is 1. The van der Waals surface area contributed by atoms with Crippen molar-refractivity contribution in [2.45, 2.75) is 45.4 Å². The van der Waals surface area contributed by atoms with Crippen molar-refractivity contribution in [1.82, 2.24) is 10.6 Å². The fourth-order valence-electron chi connectivity index (χ4n) is 2.34. The van der Waals surface area contributed by atoms with E-state index < -0.39 is 30.1 Å². The summed E-state index contributed by atoms with van der Waals surface area (Å²) in [6, 6.07) is 8.40. The van der Waals surface area contributed by atoms with E-state index in [2.05, 4.69) is 15.4 Å². The molecule has 0 aliphatic carbocycles. The van der Waals surface area contributed by atoms with E-state index in [0.717, 1.165) is 5.56 Å². The number of carbonyl (C=O) groups excluding carboxylic acids is 3. The number of hydrogen-bond donors (Lipinski definition) is 3. The van der Waals surface area contributed by atoms with E-state index >= 15 is 0 Å². The second kappa shape index (κ2) is 11.9. The van der Waals surface area contributed by atoms with Gasteiger partial charge in [0.15, 0.2) is 0 Å². The van der Waals surface area contributed by atoms with Crippen molar-refractivity contribution in [3.8, 4) is 0 Å². The minimum absolute atomic E-state index is 0.110. The van der Waals surface area contributed by atoms with E-state index in [1.807, 2.05) is 44.2 Å². The maximum atomic E-state index is 12.0. The van der Waals surface area contributed by atoms with Crippen molar-refractivity contribution in [3.05, 3.63) is 35.9 Å². The van der Waals surface area contributed by atoms with Gasteiger partial charge in [-0.25, -0.2) is 9.59 Å². The summed E-state index contributed by atoms with van der Waals surface area (Å²) in [6.07, 6.45) is -1.62. The Morgan fingerprint density at radius 1 is 1.15 bits per heavy atom. The summed E-state index contributed by atoms with van der Waals surface area (Å²) in [5.41, 5.74) is 0.839. The Bertz CT molecular complexity index is 605. The molecule has 0 radical (unpaired) electrons. The zero-order valence-corrected chi connectivity index (χ0v) is 15.9. The second-order valence-corrected chi connectivity index (χ2v) is 6.57. The molecule has 2 atom stereocenters. The van der Waals surface area contributed by atoms with E-state index in [0.29, 0.717) is 6.42 Å². The lowest BCUT2D eigenvalue weighted by Crippen LogP contribution is -2.44. The highest BCUT2D eigenvalue weighted by molar-refractivity contribution is 5.84. The minimum Gasteiger partial charge on any atom is -0.467 e. The number of aliphatic hydroxyl groups excluding tert-OH is 1. The lowest BCUT2D eigenvalue weighted by Gasteiger charge is -2.19. The molecule has 0 saturated carbocycles. The maximum Gasteiger partial charge on any atom is 0.407 e. The Kier molecular flexibility index (Phi) is 9.89. The van der Waals surface area contributed by atoms with Crippen LogP contribution in [0, 0.1) is 5.92 Å². The number of benzene rings is 1. The summed E-state index contributed by atoms with van der Waals surface area (Å²) in [6.45, 7) is 3.80. The van der Waals surface area contributed by atoms with Crippen LogP contribution >= 0.6 is 0 Å². The van der Waals surface area contributed by atoms with Gasteiger partial charge in [-0.3, -0.25) is 4.79 Å². The van der Waals surface area contributed by atoms with E-state index in [4.69, 9.17) is 4.74 Å². The van der Waals surface area contributed by atoms with Gasteiger partial charge < -0.3 is 25.2 Å². The molecule has 0 fully saturated rings. The van der Waals surface area contributed by atoms with E-state index in [1.165, 1.54) is 7.11 Å². The molecule has 0 aromatic heterocycles. The molecule has 0 heterocycles. The Morgan fingerprint density at radius 3 is 2.41 bits per heavy atom. The quantitative estimate of drug-likeness (QED) is 0.528. The van der Waals surface area contributed by atoms with Crippen molar-refractivity contribution in [1.29, 1.82) is 0 Å². The minimum atomic E-state index is -1.10. The first-order valence-corrected chi connectivity index (χ1v) is 8.81. The summed E-state index contributed by atoms with van der Waals surface area (Å²) >= 11 is 0. The van der Waals surface area contributed by atoms with Crippen molar-refractivity contribution in [2.75, 3.05) is 13.7 Å². The van der Waals surface area contributed by atoms with Gasteiger partial charge in [0.1, 0.15) is 12.6 Å². The summed E-state index contributed by atoms with van der Waals surface area (Å²) in [7, 11) is 1.25. The van der Waals surface area contributed by atoms with Crippen LogP contribution in [0.25, 0.3) is 0 Å². The van der Waals surface area contributed by atoms with Crippen molar-refractivity contribution < 1.29 is 29.0 Å². The highest BCUT2D eigenvalue weighted by atomic mass is 16.5. The van der Waals surface area contributed by atoms with Crippen LogP contribution in [-0.2, 0) is 25.7 Å². The van der Waals surface area contributed by atoms with Crippen LogP contribution in [0.2, 0.25) is 0 Å². The predicted octanol–water partition coefficient (Wildman–Crippen LogP) is 1.37. The van der Waals surface area contributed by atoms with Crippen LogP contribution in [-0.4, -0.2) is 48.9 Å². The first-order chi connectivity index (χ1) is 12.8. The van der Waals surface area contributed by atoms with Crippen LogP contribution in [0.15, 0.2) is 30.3 Å². The van der Waals surface area contributed by atoms with Crippen molar-refractivity contribution >= 4 is 18.0 Å². The molecule has 27 heavy (non-hydrogen) atoms. The number of alkyl carbamates (subject to hydrolysis) is 1.